The quantitative estimate of drug-likeness (QED) is 0.513. The van der Waals surface area contributed by atoms with Crippen LogP contribution in [0.5, 0.6) is 0 Å². The highest BCUT2D eigenvalue weighted by atomic mass is 35.5. The maximum absolute atomic E-state index is 13.0. The molecule has 2 aromatic carbocycles. The van der Waals surface area contributed by atoms with Crippen molar-refractivity contribution in [1.82, 2.24) is 0 Å². The summed E-state index contributed by atoms with van der Waals surface area (Å²) in [7, 11) is 0. The Hall–Kier alpha value is -2.40. The fraction of sp³-hybridized carbons (Fsp3) is 0.0667. The van der Waals surface area contributed by atoms with Gasteiger partial charge in [0, 0.05) is 11.3 Å². The van der Waals surface area contributed by atoms with Gasteiger partial charge in [0.2, 0.25) is 0 Å². The van der Waals surface area contributed by atoms with Crippen LogP contribution in [-0.2, 0) is 0 Å². The first-order chi connectivity index (χ1) is 10.0. The predicted octanol–water partition coefficient (Wildman–Crippen LogP) is 3.93. The zero-order valence-electron chi connectivity index (χ0n) is 11.1. The van der Waals surface area contributed by atoms with Crippen molar-refractivity contribution in [2.75, 3.05) is 5.32 Å². The third-order valence-corrected chi connectivity index (χ3v) is 3.18. The minimum atomic E-state index is -0.573. The molecule has 4 nitrogen and oxygen atoms in total. The lowest BCUT2D eigenvalue weighted by Crippen LogP contribution is -2.12. The normalized spacial score (nSPS) is 11.3. The number of carbonyl (C=O) groups is 1. The number of halogens is 2. The number of anilines is 1. The van der Waals surface area contributed by atoms with E-state index >= 15 is 0 Å². The number of nitrogens with one attached hydrogen (secondary N) is 1. The highest BCUT2D eigenvalue weighted by Crippen LogP contribution is 2.17. The summed E-state index contributed by atoms with van der Waals surface area (Å²) >= 11 is 5.64. The van der Waals surface area contributed by atoms with E-state index in [2.05, 4.69) is 10.5 Å². The zero-order chi connectivity index (χ0) is 15.4. The average Bonchev–Trinajstić information content (AvgIpc) is 2.50. The SMILES string of the molecule is C/C(=N/O)c1ccc(NC(=O)c2ccc(F)c(Cl)c2)cc1. The molecule has 0 fully saturated rings. The van der Waals surface area contributed by atoms with Gasteiger partial charge in [0.05, 0.1) is 10.7 Å². The molecule has 1 amide bonds. The van der Waals surface area contributed by atoms with Crippen LogP contribution in [0.4, 0.5) is 10.1 Å². The van der Waals surface area contributed by atoms with Crippen molar-refractivity contribution in [2.45, 2.75) is 6.92 Å². The number of hydrogen-bond donors (Lipinski definition) is 2. The largest absolute Gasteiger partial charge is 0.411 e. The van der Waals surface area contributed by atoms with E-state index in [0.29, 0.717) is 11.4 Å². The lowest BCUT2D eigenvalue weighted by atomic mass is 10.1. The second-order valence-corrected chi connectivity index (χ2v) is 4.75. The number of carbonyl (C=O) groups excluding carboxylic acids is 1. The number of amides is 1. The van der Waals surface area contributed by atoms with Crippen molar-refractivity contribution < 1.29 is 14.4 Å². The lowest BCUT2D eigenvalue weighted by molar-refractivity contribution is 0.102. The van der Waals surface area contributed by atoms with Crippen molar-refractivity contribution in [3.63, 3.8) is 0 Å². The van der Waals surface area contributed by atoms with Crippen LogP contribution >= 0.6 is 11.6 Å². The van der Waals surface area contributed by atoms with Crippen LogP contribution in [0.15, 0.2) is 47.6 Å². The molecule has 0 saturated carbocycles. The second-order valence-electron chi connectivity index (χ2n) is 4.35. The monoisotopic (exact) mass is 306 g/mol. The predicted molar refractivity (Wildman–Crippen MR) is 79.8 cm³/mol. The molecule has 0 bridgehead atoms. The van der Waals surface area contributed by atoms with Gasteiger partial charge in [-0.2, -0.15) is 0 Å². The van der Waals surface area contributed by atoms with Crippen LogP contribution in [0.25, 0.3) is 0 Å². The third kappa shape index (κ3) is 3.58. The van der Waals surface area contributed by atoms with Crippen LogP contribution < -0.4 is 5.32 Å². The zero-order valence-corrected chi connectivity index (χ0v) is 11.9. The molecule has 0 spiro atoms. The van der Waals surface area contributed by atoms with Crippen LogP contribution in [0.2, 0.25) is 5.02 Å². The van der Waals surface area contributed by atoms with Gasteiger partial charge in [-0.05, 0) is 42.8 Å². The van der Waals surface area contributed by atoms with E-state index in [-0.39, 0.29) is 10.6 Å². The summed E-state index contributed by atoms with van der Waals surface area (Å²) in [5, 5.41) is 14.3. The van der Waals surface area contributed by atoms with Gasteiger partial charge in [0.25, 0.3) is 5.91 Å². The van der Waals surface area contributed by atoms with Gasteiger partial charge < -0.3 is 10.5 Å². The van der Waals surface area contributed by atoms with Gasteiger partial charge in [-0.25, -0.2) is 4.39 Å². The van der Waals surface area contributed by atoms with Crippen LogP contribution in [0.3, 0.4) is 0 Å². The molecule has 0 aliphatic rings. The number of rotatable bonds is 3. The molecule has 2 N–H and O–H groups in total. The molecule has 0 radical (unpaired) electrons. The Balaban J connectivity index is 2.14. The molecule has 6 heteroatoms. The second kappa shape index (κ2) is 6.37. The Bertz CT molecular complexity index is 699. The summed E-state index contributed by atoms with van der Waals surface area (Å²) in [5.41, 5.74) is 2.03. The van der Waals surface area contributed by atoms with E-state index in [1.807, 2.05) is 0 Å². The first kappa shape index (κ1) is 15.0. The Morgan fingerprint density at radius 2 is 1.81 bits per heavy atom. The van der Waals surface area contributed by atoms with Crippen molar-refractivity contribution in [2.24, 2.45) is 5.16 Å². The van der Waals surface area contributed by atoms with Gasteiger partial charge >= 0.3 is 0 Å². The summed E-state index contributed by atoms with van der Waals surface area (Å²) in [4.78, 5) is 12.0. The molecule has 108 valence electrons. The van der Waals surface area contributed by atoms with Gasteiger partial charge in [-0.15, -0.1) is 0 Å². The molecule has 0 heterocycles. The number of oxime groups is 1. The summed E-state index contributed by atoms with van der Waals surface area (Å²) in [5.74, 6) is -0.964. The smallest absolute Gasteiger partial charge is 0.255 e. The molecule has 0 aliphatic carbocycles. The van der Waals surface area contributed by atoms with Gasteiger partial charge in [-0.3, -0.25) is 4.79 Å². The van der Waals surface area contributed by atoms with Crippen molar-refractivity contribution in [1.29, 1.82) is 0 Å². The molecule has 0 unspecified atom stereocenters. The van der Waals surface area contributed by atoms with E-state index in [0.717, 1.165) is 11.6 Å². The first-order valence-electron chi connectivity index (χ1n) is 6.07. The number of benzene rings is 2. The van der Waals surface area contributed by atoms with Crippen molar-refractivity contribution in [3.05, 3.63) is 64.4 Å². The summed E-state index contributed by atoms with van der Waals surface area (Å²) in [6.45, 7) is 1.66. The standard InChI is InChI=1S/C15H12ClFN2O2/c1-9(19-21)10-2-5-12(6-3-10)18-15(20)11-4-7-14(17)13(16)8-11/h2-8,21H,1H3,(H,18,20)/b19-9-. The van der Waals surface area contributed by atoms with E-state index in [9.17, 15) is 9.18 Å². The van der Waals surface area contributed by atoms with E-state index in [1.54, 1.807) is 31.2 Å². The van der Waals surface area contributed by atoms with Crippen LogP contribution in [0.1, 0.15) is 22.8 Å². The maximum Gasteiger partial charge on any atom is 0.255 e. The average molecular weight is 307 g/mol. The number of hydrogen-bond acceptors (Lipinski definition) is 3. The van der Waals surface area contributed by atoms with Crippen LogP contribution in [0, 0.1) is 5.82 Å². The minimum absolute atomic E-state index is 0.104. The number of nitrogens with zero attached hydrogens (tertiary/aromatic N) is 1. The molecule has 2 aromatic rings. The Morgan fingerprint density at radius 1 is 1.19 bits per heavy atom. The maximum atomic E-state index is 13.0. The fourth-order valence-corrected chi connectivity index (χ4v) is 1.87. The molecular weight excluding hydrogens is 295 g/mol. The first-order valence-corrected chi connectivity index (χ1v) is 6.44. The molecule has 0 aromatic heterocycles. The highest BCUT2D eigenvalue weighted by Gasteiger charge is 2.09. The van der Waals surface area contributed by atoms with E-state index < -0.39 is 11.7 Å². The van der Waals surface area contributed by atoms with Crippen molar-refractivity contribution >= 4 is 28.9 Å². The van der Waals surface area contributed by atoms with Gasteiger partial charge in [-0.1, -0.05) is 28.9 Å². The highest BCUT2D eigenvalue weighted by molar-refractivity contribution is 6.31. The lowest BCUT2D eigenvalue weighted by Gasteiger charge is -2.07. The molecule has 2 rings (SSSR count). The van der Waals surface area contributed by atoms with Gasteiger partial charge in [0.15, 0.2) is 0 Å². The van der Waals surface area contributed by atoms with E-state index in [1.165, 1.54) is 12.1 Å². The Labute approximate surface area is 125 Å². The molecule has 0 atom stereocenters. The molecule has 21 heavy (non-hydrogen) atoms. The summed E-state index contributed by atoms with van der Waals surface area (Å²) < 4.78 is 13.0. The summed E-state index contributed by atoms with van der Waals surface area (Å²) in [6, 6.07) is 10.5. The van der Waals surface area contributed by atoms with Gasteiger partial charge in [0.1, 0.15) is 5.82 Å². The molecule has 0 saturated heterocycles. The third-order valence-electron chi connectivity index (χ3n) is 2.89. The fourth-order valence-electron chi connectivity index (χ4n) is 1.69. The Morgan fingerprint density at radius 3 is 2.38 bits per heavy atom. The topological polar surface area (TPSA) is 61.7 Å². The molecule has 0 aliphatic heterocycles. The van der Waals surface area contributed by atoms with E-state index in [4.69, 9.17) is 16.8 Å². The Kier molecular flexibility index (Phi) is 4.55. The summed E-state index contributed by atoms with van der Waals surface area (Å²) in [6.07, 6.45) is 0. The van der Waals surface area contributed by atoms with Crippen LogP contribution in [-0.4, -0.2) is 16.8 Å². The molecular formula is C15H12ClFN2O2. The van der Waals surface area contributed by atoms with Crippen molar-refractivity contribution in [3.8, 4) is 0 Å². The minimum Gasteiger partial charge on any atom is -0.411 e.